The Labute approximate surface area is 117 Å². The van der Waals surface area contributed by atoms with E-state index in [0.717, 1.165) is 22.2 Å². The van der Waals surface area contributed by atoms with E-state index < -0.39 is 0 Å². The number of rotatable bonds is 4. The number of furan rings is 1. The molecule has 0 aliphatic carbocycles. The van der Waals surface area contributed by atoms with Gasteiger partial charge in [0.05, 0.1) is 0 Å². The first-order valence-corrected chi connectivity index (χ1v) is 6.58. The Morgan fingerprint density at radius 1 is 1.05 bits per heavy atom. The zero-order valence-electron chi connectivity index (χ0n) is 11.0. The van der Waals surface area contributed by atoms with Crippen molar-refractivity contribution in [1.82, 2.24) is 0 Å². The lowest BCUT2D eigenvalue weighted by atomic mass is 10.1. The molecule has 0 atom stereocenters. The second-order valence-electron chi connectivity index (χ2n) is 4.82. The molecular formula is C17H15NO2. The minimum atomic E-state index is 0.0172. The van der Waals surface area contributed by atoms with E-state index in [0.29, 0.717) is 18.6 Å². The van der Waals surface area contributed by atoms with Gasteiger partial charge in [0.15, 0.2) is 11.5 Å². The van der Waals surface area contributed by atoms with Gasteiger partial charge in [-0.05, 0) is 36.2 Å². The lowest BCUT2D eigenvalue weighted by Crippen LogP contribution is -2.00. The Balaban J connectivity index is 1.73. The highest BCUT2D eigenvalue weighted by Gasteiger charge is 2.12. The van der Waals surface area contributed by atoms with Crippen LogP contribution in [0.15, 0.2) is 59.0 Å². The number of aryl methyl sites for hydroxylation is 1. The summed E-state index contributed by atoms with van der Waals surface area (Å²) in [5, 5.41) is 0.958. The van der Waals surface area contributed by atoms with Gasteiger partial charge in [-0.15, -0.1) is 0 Å². The number of Topliss-reactive ketones (excluding diaryl/α,β-unsaturated/α-hetero) is 1. The van der Waals surface area contributed by atoms with Gasteiger partial charge in [-0.25, -0.2) is 0 Å². The predicted octanol–water partition coefficient (Wildman–Crippen LogP) is 3.83. The number of ketones is 1. The number of para-hydroxylation sites is 1. The van der Waals surface area contributed by atoms with Gasteiger partial charge in [0, 0.05) is 17.5 Å². The third-order valence-electron chi connectivity index (χ3n) is 3.29. The van der Waals surface area contributed by atoms with Crippen LogP contribution in [0.5, 0.6) is 0 Å². The summed E-state index contributed by atoms with van der Waals surface area (Å²) in [5.41, 5.74) is 8.26. The largest absolute Gasteiger partial charge is 0.453 e. The molecule has 20 heavy (non-hydrogen) atoms. The summed E-state index contributed by atoms with van der Waals surface area (Å²) in [4.78, 5) is 12.1. The van der Waals surface area contributed by atoms with Gasteiger partial charge >= 0.3 is 0 Å². The molecule has 0 unspecified atom stereocenters. The Morgan fingerprint density at radius 2 is 1.90 bits per heavy atom. The molecule has 0 amide bonds. The van der Waals surface area contributed by atoms with E-state index in [1.165, 1.54) is 0 Å². The summed E-state index contributed by atoms with van der Waals surface area (Å²) in [7, 11) is 0. The SMILES string of the molecule is Nc1cccc(CCC(=O)c2cc3ccccc3o2)c1. The second-order valence-corrected chi connectivity index (χ2v) is 4.82. The fraction of sp³-hybridized carbons (Fsp3) is 0.118. The number of nitrogen functional groups attached to an aromatic ring is 1. The van der Waals surface area contributed by atoms with Crippen molar-refractivity contribution in [3.8, 4) is 0 Å². The summed E-state index contributed by atoms with van der Waals surface area (Å²) in [6.45, 7) is 0. The molecule has 2 N–H and O–H groups in total. The molecular weight excluding hydrogens is 250 g/mol. The molecule has 0 aliphatic heterocycles. The molecule has 0 saturated heterocycles. The Hall–Kier alpha value is -2.55. The second kappa shape index (κ2) is 5.21. The van der Waals surface area contributed by atoms with E-state index in [2.05, 4.69) is 0 Å². The molecule has 0 bridgehead atoms. The summed E-state index contributed by atoms with van der Waals surface area (Å²) in [6, 6.07) is 17.0. The van der Waals surface area contributed by atoms with Crippen molar-refractivity contribution in [3.05, 3.63) is 65.9 Å². The highest BCUT2D eigenvalue weighted by molar-refractivity contribution is 5.97. The molecule has 3 nitrogen and oxygen atoms in total. The number of hydrogen-bond donors (Lipinski definition) is 1. The van der Waals surface area contributed by atoms with E-state index in [1.807, 2.05) is 48.5 Å². The van der Waals surface area contributed by atoms with Crippen LogP contribution in [0.3, 0.4) is 0 Å². The molecule has 0 spiro atoms. The van der Waals surface area contributed by atoms with Crippen LogP contribution in [0, 0.1) is 0 Å². The molecule has 0 fully saturated rings. The van der Waals surface area contributed by atoms with Crippen LogP contribution >= 0.6 is 0 Å². The van der Waals surface area contributed by atoms with Crippen molar-refractivity contribution in [2.24, 2.45) is 0 Å². The van der Waals surface area contributed by atoms with Crippen molar-refractivity contribution in [3.63, 3.8) is 0 Å². The molecule has 1 heterocycles. The highest BCUT2D eigenvalue weighted by Crippen LogP contribution is 2.20. The molecule has 3 rings (SSSR count). The average Bonchev–Trinajstić information content (AvgIpc) is 2.89. The van der Waals surface area contributed by atoms with Crippen molar-refractivity contribution in [2.45, 2.75) is 12.8 Å². The zero-order valence-corrected chi connectivity index (χ0v) is 11.0. The number of hydrogen-bond acceptors (Lipinski definition) is 3. The molecule has 100 valence electrons. The smallest absolute Gasteiger partial charge is 0.198 e. The van der Waals surface area contributed by atoms with Gasteiger partial charge in [0.25, 0.3) is 0 Å². The minimum Gasteiger partial charge on any atom is -0.453 e. The topological polar surface area (TPSA) is 56.2 Å². The maximum atomic E-state index is 12.1. The van der Waals surface area contributed by atoms with Crippen molar-refractivity contribution in [1.29, 1.82) is 0 Å². The number of benzene rings is 2. The summed E-state index contributed by atoms with van der Waals surface area (Å²) >= 11 is 0. The first-order chi connectivity index (χ1) is 9.72. The minimum absolute atomic E-state index is 0.0172. The summed E-state index contributed by atoms with van der Waals surface area (Å²) in [6.07, 6.45) is 1.09. The van der Waals surface area contributed by atoms with Gasteiger partial charge in [0.1, 0.15) is 5.58 Å². The van der Waals surface area contributed by atoms with Crippen molar-refractivity contribution >= 4 is 22.4 Å². The van der Waals surface area contributed by atoms with Crippen LogP contribution in [0.25, 0.3) is 11.0 Å². The third-order valence-corrected chi connectivity index (χ3v) is 3.29. The number of carbonyl (C=O) groups is 1. The number of fused-ring (bicyclic) bond motifs is 1. The molecule has 1 aromatic heterocycles. The van der Waals surface area contributed by atoms with E-state index in [4.69, 9.17) is 10.2 Å². The van der Waals surface area contributed by atoms with Crippen LogP contribution in [0.2, 0.25) is 0 Å². The monoisotopic (exact) mass is 265 g/mol. The Bertz CT molecular complexity index is 725. The Kier molecular flexibility index (Phi) is 3.25. The van der Waals surface area contributed by atoms with Crippen LogP contribution in [0.1, 0.15) is 22.5 Å². The standard InChI is InChI=1S/C17H15NO2/c18-14-6-3-4-12(10-14)8-9-15(19)17-11-13-5-1-2-7-16(13)20-17/h1-7,10-11H,8-9,18H2. The van der Waals surface area contributed by atoms with Crippen molar-refractivity contribution in [2.75, 3.05) is 5.73 Å². The van der Waals surface area contributed by atoms with Crippen molar-refractivity contribution < 1.29 is 9.21 Å². The third kappa shape index (κ3) is 2.57. The van der Waals surface area contributed by atoms with Crippen LogP contribution < -0.4 is 5.73 Å². The van der Waals surface area contributed by atoms with Crippen LogP contribution in [-0.4, -0.2) is 5.78 Å². The maximum Gasteiger partial charge on any atom is 0.198 e. The number of nitrogens with two attached hydrogens (primary N) is 1. The van der Waals surface area contributed by atoms with Crippen LogP contribution in [-0.2, 0) is 6.42 Å². The molecule has 2 aromatic carbocycles. The predicted molar refractivity (Wildman–Crippen MR) is 79.7 cm³/mol. The fourth-order valence-electron chi connectivity index (χ4n) is 2.25. The van der Waals surface area contributed by atoms with E-state index in [-0.39, 0.29) is 5.78 Å². The maximum absolute atomic E-state index is 12.1. The van der Waals surface area contributed by atoms with Crippen LogP contribution in [0.4, 0.5) is 5.69 Å². The van der Waals surface area contributed by atoms with E-state index >= 15 is 0 Å². The van der Waals surface area contributed by atoms with Gasteiger partial charge < -0.3 is 10.2 Å². The zero-order chi connectivity index (χ0) is 13.9. The van der Waals surface area contributed by atoms with Gasteiger partial charge in [-0.3, -0.25) is 4.79 Å². The molecule has 0 aliphatic rings. The first-order valence-electron chi connectivity index (χ1n) is 6.58. The molecule has 3 heteroatoms. The lowest BCUT2D eigenvalue weighted by molar-refractivity contribution is 0.0958. The summed E-state index contributed by atoms with van der Waals surface area (Å²) in [5.74, 6) is 0.443. The normalized spacial score (nSPS) is 10.8. The quantitative estimate of drug-likeness (QED) is 0.576. The Morgan fingerprint density at radius 3 is 2.70 bits per heavy atom. The number of anilines is 1. The van der Waals surface area contributed by atoms with E-state index in [1.54, 1.807) is 6.07 Å². The summed E-state index contributed by atoms with van der Waals surface area (Å²) < 4.78 is 5.57. The number of carbonyl (C=O) groups excluding carboxylic acids is 1. The lowest BCUT2D eigenvalue weighted by Gasteiger charge is -2.01. The average molecular weight is 265 g/mol. The van der Waals surface area contributed by atoms with Gasteiger partial charge in [-0.1, -0.05) is 30.3 Å². The fourth-order valence-corrected chi connectivity index (χ4v) is 2.25. The van der Waals surface area contributed by atoms with Gasteiger partial charge in [-0.2, -0.15) is 0 Å². The highest BCUT2D eigenvalue weighted by atomic mass is 16.3. The molecule has 3 aromatic rings. The van der Waals surface area contributed by atoms with E-state index in [9.17, 15) is 4.79 Å². The molecule has 0 radical (unpaired) electrons. The molecule has 0 saturated carbocycles. The van der Waals surface area contributed by atoms with Gasteiger partial charge in [0.2, 0.25) is 0 Å². The first kappa shape index (κ1) is 12.5.